The normalized spacial score (nSPS) is 20.8. The quantitative estimate of drug-likeness (QED) is 0.587. The Labute approximate surface area is 146 Å². The van der Waals surface area contributed by atoms with Gasteiger partial charge in [-0.3, -0.25) is 4.79 Å². The minimum Gasteiger partial charge on any atom is -0.497 e. The van der Waals surface area contributed by atoms with E-state index in [0.717, 1.165) is 51.3 Å². The lowest BCUT2D eigenvalue weighted by Gasteiger charge is -2.29. The zero-order valence-electron chi connectivity index (χ0n) is 15.4. The molecule has 1 saturated heterocycles. The summed E-state index contributed by atoms with van der Waals surface area (Å²) < 4.78 is 5.21. The Hall–Kier alpha value is -1.59. The van der Waals surface area contributed by atoms with Gasteiger partial charge in [-0.15, -0.1) is 0 Å². The predicted molar refractivity (Wildman–Crippen MR) is 95.5 cm³/mol. The Balaban J connectivity index is 1.71. The summed E-state index contributed by atoms with van der Waals surface area (Å²) >= 11 is 0. The smallest absolute Gasteiger partial charge is 0.275 e. The van der Waals surface area contributed by atoms with Gasteiger partial charge in [0.15, 0.2) is 6.54 Å². The first kappa shape index (κ1) is 18.7. The number of quaternary nitrogens is 2. The van der Waals surface area contributed by atoms with Crippen LogP contribution in [0.15, 0.2) is 24.3 Å². The summed E-state index contributed by atoms with van der Waals surface area (Å²) in [6.45, 7) is 10.3. The molecule has 1 amide bonds. The Kier molecular flexibility index (Phi) is 7.53. The molecular weight excluding hydrogens is 302 g/mol. The number of hydrogen-bond donors (Lipinski definition) is 3. The van der Waals surface area contributed by atoms with Crippen LogP contribution in [0.5, 0.6) is 5.75 Å². The van der Waals surface area contributed by atoms with Gasteiger partial charge in [0, 0.05) is 11.6 Å². The maximum Gasteiger partial charge on any atom is 0.275 e. The van der Waals surface area contributed by atoms with Crippen LogP contribution in [-0.4, -0.2) is 51.8 Å². The highest BCUT2D eigenvalue weighted by molar-refractivity contribution is 5.77. The van der Waals surface area contributed by atoms with E-state index in [1.807, 2.05) is 12.1 Å². The fourth-order valence-electron chi connectivity index (χ4n) is 3.34. The van der Waals surface area contributed by atoms with Crippen LogP contribution in [0.2, 0.25) is 0 Å². The highest BCUT2D eigenvalue weighted by atomic mass is 16.5. The van der Waals surface area contributed by atoms with E-state index in [0.29, 0.717) is 12.6 Å². The molecule has 134 valence electrons. The second-order valence-electron chi connectivity index (χ2n) is 6.78. The lowest BCUT2D eigenvalue weighted by molar-refractivity contribution is -1.02. The topological polar surface area (TPSA) is 47.2 Å². The summed E-state index contributed by atoms with van der Waals surface area (Å²) in [6.07, 6.45) is 2.02. The van der Waals surface area contributed by atoms with Crippen LogP contribution < -0.4 is 19.9 Å². The summed E-state index contributed by atoms with van der Waals surface area (Å²) in [4.78, 5) is 15.1. The third-order valence-electron chi connectivity index (χ3n) is 5.04. The molecule has 1 heterocycles. The first-order valence-corrected chi connectivity index (χ1v) is 9.24. The van der Waals surface area contributed by atoms with Crippen LogP contribution in [0.1, 0.15) is 32.3 Å². The fraction of sp³-hybridized carbons (Fsp3) is 0.632. The molecule has 5 nitrogen and oxygen atoms in total. The van der Waals surface area contributed by atoms with E-state index in [2.05, 4.69) is 31.3 Å². The van der Waals surface area contributed by atoms with Gasteiger partial charge in [-0.2, -0.15) is 0 Å². The molecule has 24 heavy (non-hydrogen) atoms. The van der Waals surface area contributed by atoms with Gasteiger partial charge in [-0.05, 0) is 37.1 Å². The molecule has 1 aromatic rings. The highest BCUT2D eigenvalue weighted by Gasteiger charge is 2.25. The zero-order chi connectivity index (χ0) is 17.4. The van der Waals surface area contributed by atoms with Gasteiger partial charge in [0.1, 0.15) is 38.5 Å². The second-order valence-corrected chi connectivity index (χ2v) is 6.78. The number of methoxy groups -OCH3 is 1. The molecule has 5 heteroatoms. The van der Waals surface area contributed by atoms with Crippen LogP contribution in [0.4, 0.5) is 0 Å². The predicted octanol–water partition coefficient (Wildman–Crippen LogP) is -0.717. The summed E-state index contributed by atoms with van der Waals surface area (Å²) in [5.74, 6) is 1.11. The Morgan fingerprint density at radius 2 is 1.67 bits per heavy atom. The number of benzene rings is 1. The number of ether oxygens (including phenoxy) is 1. The van der Waals surface area contributed by atoms with Crippen LogP contribution >= 0.6 is 0 Å². The molecule has 0 aromatic heterocycles. The van der Waals surface area contributed by atoms with Gasteiger partial charge in [0.25, 0.3) is 5.91 Å². The summed E-state index contributed by atoms with van der Waals surface area (Å²) in [6, 6.07) is 8.68. The van der Waals surface area contributed by atoms with Crippen molar-refractivity contribution >= 4 is 5.91 Å². The van der Waals surface area contributed by atoms with Crippen molar-refractivity contribution in [3.8, 4) is 5.75 Å². The van der Waals surface area contributed by atoms with E-state index in [1.54, 1.807) is 12.0 Å². The van der Waals surface area contributed by atoms with Crippen molar-refractivity contribution in [3.05, 3.63) is 29.8 Å². The highest BCUT2D eigenvalue weighted by Crippen LogP contribution is 2.10. The number of hydrogen-bond acceptors (Lipinski definition) is 2. The maximum absolute atomic E-state index is 12.1. The molecule has 1 aromatic carbocycles. The molecule has 3 N–H and O–H groups in total. The van der Waals surface area contributed by atoms with Crippen LogP contribution in [-0.2, 0) is 11.3 Å². The number of nitrogens with one attached hydrogen (secondary N) is 3. The van der Waals surface area contributed by atoms with E-state index in [-0.39, 0.29) is 5.91 Å². The van der Waals surface area contributed by atoms with Crippen LogP contribution in [0.3, 0.4) is 0 Å². The SMILES string of the molecule is CCC(CC)NC(=O)C[NH+]1CC[NH+](Cc2ccc(OC)cc2)CC1. The minimum absolute atomic E-state index is 0.206. The van der Waals surface area contributed by atoms with E-state index in [9.17, 15) is 4.79 Å². The molecule has 1 fully saturated rings. The average molecular weight is 335 g/mol. The number of piperazine rings is 1. The van der Waals surface area contributed by atoms with Crippen molar-refractivity contribution in [1.29, 1.82) is 0 Å². The molecule has 0 radical (unpaired) electrons. The van der Waals surface area contributed by atoms with Crippen molar-refractivity contribution in [2.24, 2.45) is 0 Å². The molecular formula is C19H33N3O2+2. The van der Waals surface area contributed by atoms with Crippen LogP contribution in [0, 0.1) is 0 Å². The first-order chi connectivity index (χ1) is 11.6. The number of amides is 1. The Bertz CT molecular complexity index is 492. The van der Waals surface area contributed by atoms with Gasteiger partial charge < -0.3 is 19.9 Å². The van der Waals surface area contributed by atoms with Gasteiger partial charge >= 0.3 is 0 Å². The van der Waals surface area contributed by atoms with E-state index < -0.39 is 0 Å². The minimum atomic E-state index is 0.206. The van der Waals surface area contributed by atoms with Gasteiger partial charge in [0.05, 0.1) is 7.11 Å². The summed E-state index contributed by atoms with van der Waals surface area (Å²) in [7, 11) is 1.70. The maximum atomic E-state index is 12.1. The zero-order valence-corrected chi connectivity index (χ0v) is 15.4. The van der Waals surface area contributed by atoms with E-state index >= 15 is 0 Å². The molecule has 0 saturated carbocycles. The third-order valence-corrected chi connectivity index (χ3v) is 5.04. The Morgan fingerprint density at radius 3 is 2.21 bits per heavy atom. The Morgan fingerprint density at radius 1 is 1.08 bits per heavy atom. The molecule has 0 spiro atoms. The molecule has 0 atom stereocenters. The summed E-state index contributed by atoms with van der Waals surface area (Å²) in [5, 5.41) is 3.15. The lowest BCUT2D eigenvalue weighted by Crippen LogP contribution is -3.28. The molecule has 0 bridgehead atoms. The number of carbonyl (C=O) groups excluding carboxylic acids is 1. The second kappa shape index (κ2) is 9.64. The van der Waals surface area contributed by atoms with Crippen molar-refractivity contribution in [3.63, 3.8) is 0 Å². The summed E-state index contributed by atoms with van der Waals surface area (Å²) in [5.41, 5.74) is 1.35. The van der Waals surface area contributed by atoms with E-state index in [4.69, 9.17) is 4.74 Å². The van der Waals surface area contributed by atoms with Crippen LogP contribution in [0.25, 0.3) is 0 Å². The molecule has 1 aliphatic rings. The van der Waals surface area contributed by atoms with Crippen molar-refractivity contribution in [2.75, 3.05) is 39.8 Å². The van der Waals surface area contributed by atoms with Crippen molar-refractivity contribution < 1.29 is 19.3 Å². The number of rotatable bonds is 8. The van der Waals surface area contributed by atoms with Gasteiger partial charge in [-0.25, -0.2) is 0 Å². The molecule has 0 aliphatic carbocycles. The van der Waals surface area contributed by atoms with Gasteiger partial charge in [-0.1, -0.05) is 13.8 Å². The third kappa shape index (κ3) is 5.80. The molecule has 0 unspecified atom stereocenters. The first-order valence-electron chi connectivity index (χ1n) is 9.24. The van der Waals surface area contributed by atoms with Gasteiger partial charge in [0.2, 0.25) is 0 Å². The number of carbonyl (C=O) groups is 1. The van der Waals surface area contributed by atoms with Crippen molar-refractivity contribution in [1.82, 2.24) is 5.32 Å². The largest absolute Gasteiger partial charge is 0.497 e. The van der Waals surface area contributed by atoms with Crippen molar-refractivity contribution in [2.45, 2.75) is 39.3 Å². The monoisotopic (exact) mass is 335 g/mol. The van der Waals surface area contributed by atoms with E-state index in [1.165, 1.54) is 10.5 Å². The average Bonchev–Trinajstić information content (AvgIpc) is 2.62. The fourth-order valence-corrected chi connectivity index (χ4v) is 3.34. The standard InChI is InChI=1S/C19H31N3O2/c1-4-17(5-2)20-19(23)15-22-12-10-21(11-13-22)14-16-6-8-18(24-3)9-7-16/h6-9,17H,4-5,10-15H2,1-3H3,(H,20,23)/p+2. The molecule has 1 aliphatic heterocycles. The lowest BCUT2D eigenvalue weighted by atomic mass is 10.1. The molecule has 2 rings (SSSR count).